The molecule has 10 aromatic rings. The van der Waals surface area contributed by atoms with E-state index in [0.717, 1.165) is 66.1 Å². The Labute approximate surface area is 323 Å². The van der Waals surface area contributed by atoms with Crippen molar-refractivity contribution in [2.24, 2.45) is 0 Å². The Bertz CT molecular complexity index is 2910. The van der Waals surface area contributed by atoms with Crippen molar-refractivity contribution in [3.05, 3.63) is 199 Å². The summed E-state index contributed by atoms with van der Waals surface area (Å²) in [6.45, 7) is 0. The maximum atomic E-state index is 5.35. The minimum Gasteiger partial charge on any atom is -0.311 e. The van der Waals surface area contributed by atoms with E-state index in [4.69, 9.17) is 9.97 Å². The number of rotatable bonds is 6. The molecule has 1 fully saturated rings. The monoisotopic (exact) mass is 723 g/mol. The highest BCUT2D eigenvalue weighted by molar-refractivity contribution is 6.25. The number of nitrogens with zero attached hydrogens (tertiary/aromatic N) is 4. The Morgan fingerprint density at radius 3 is 1.50 bits per heavy atom. The quantitative estimate of drug-likeness (QED) is 0.159. The topological polar surface area (TPSA) is 71.7 Å². The van der Waals surface area contributed by atoms with Crippen LogP contribution >= 0.6 is 0 Å². The zero-order valence-corrected chi connectivity index (χ0v) is 30.4. The first-order chi connectivity index (χ1) is 27.8. The van der Waals surface area contributed by atoms with Crippen LogP contribution in [0.3, 0.4) is 0 Å². The highest BCUT2D eigenvalue weighted by atomic mass is 15.4. The highest BCUT2D eigenvalue weighted by Gasteiger charge is 2.32. The molecule has 56 heavy (non-hydrogen) atoms. The molecule has 2 unspecified atom stereocenters. The zero-order chi connectivity index (χ0) is 37.0. The van der Waals surface area contributed by atoms with Gasteiger partial charge in [0.15, 0.2) is 0 Å². The molecular weight excluding hydrogens is 687 g/mol. The summed E-state index contributed by atoms with van der Waals surface area (Å²) < 4.78 is 4.71. The summed E-state index contributed by atoms with van der Waals surface area (Å²) in [5.74, 6) is 0.632. The second-order valence-corrected chi connectivity index (χ2v) is 14.4. The first-order valence-electron chi connectivity index (χ1n) is 19.1. The van der Waals surface area contributed by atoms with Gasteiger partial charge in [-0.1, -0.05) is 164 Å². The summed E-state index contributed by atoms with van der Waals surface area (Å²) in [6.07, 6.45) is -0.471. The Balaban J connectivity index is 1.19. The van der Waals surface area contributed by atoms with Crippen LogP contribution in [-0.4, -0.2) is 19.1 Å². The molecule has 2 atom stereocenters. The van der Waals surface area contributed by atoms with E-state index in [9.17, 15) is 0 Å². The molecule has 0 bridgehead atoms. The molecule has 0 spiro atoms. The van der Waals surface area contributed by atoms with Gasteiger partial charge in [0, 0.05) is 32.7 Å². The third-order valence-corrected chi connectivity index (χ3v) is 11.1. The zero-order valence-electron chi connectivity index (χ0n) is 30.4. The fourth-order valence-corrected chi connectivity index (χ4v) is 8.52. The molecule has 0 radical (unpaired) electrons. The smallest absolute Gasteiger partial charge is 0.235 e. The molecule has 4 heterocycles. The summed E-state index contributed by atoms with van der Waals surface area (Å²) in [5.41, 5.74) is 10.5. The predicted octanol–water partition coefficient (Wildman–Crippen LogP) is 10.7. The van der Waals surface area contributed by atoms with Gasteiger partial charge in [0.05, 0.1) is 45.8 Å². The molecule has 7 aromatic carbocycles. The second kappa shape index (κ2) is 13.4. The normalized spacial score (nSPS) is 17.2. The molecule has 268 valence electrons. The maximum Gasteiger partial charge on any atom is 0.235 e. The van der Waals surface area contributed by atoms with Gasteiger partial charge in [0.2, 0.25) is 5.95 Å². The average Bonchev–Trinajstić information content (AvgIpc) is 3.80. The van der Waals surface area contributed by atoms with Gasteiger partial charge in [-0.15, -0.1) is 0 Å². The lowest BCUT2D eigenvalue weighted by Gasteiger charge is -2.40. The van der Waals surface area contributed by atoms with Crippen molar-refractivity contribution in [2.75, 3.05) is 0 Å². The molecular formula is C49H37N7. The van der Waals surface area contributed by atoms with E-state index < -0.39 is 0 Å². The molecule has 11 rings (SSSR count). The van der Waals surface area contributed by atoms with Crippen LogP contribution in [0.1, 0.15) is 29.7 Å². The summed E-state index contributed by atoms with van der Waals surface area (Å²) in [6, 6.07) is 66.0. The average molecular weight is 724 g/mol. The van der Waals surface area contributed by atoms with Crippen LogP contribution in [0.25, 0.3) is 72.1 Å². The minimum atomic E-state index is -0.258. The predicted molar refractivity (Wildman–Crippen MR) is 227 cm³/mol. The molecule has 0 amide bonds. The number of para-hydroxylation sites is 2. The standard InChI is InChI=1S/C49H37N7/c1-5-17-32(18-6-1)39-31-40(33-19-7-2-8-20-33)51-48(50-39)56-41-27-15-13-25-36(41)37-29-30-43-44(45(37)56)38-26-14-16-28-42(38)55(43)49-53-46(34-21-9-3-10-22-34)52-47(54-49)35-23-11-4-12-24-35/h1-31,46-47,49,52-54H. The largest absolute Gasteiger partial charge is 0.311 e. The van der Waals surface area contributed by atoms with E-state index in [1.807, 2.05) is 12.1 Å². The number of fused-ring (bicyclic) bond motifs is 7. The summed E-state index contributed by atoms with van der Waals surface area (Å²) in [5, 5.41) is 16.3. The second-order valence-electron chi connectivity index (χ2n) is 14.4. The van der Waals surface area contributed by atoms with Crippen LogP contribution in [0.2, 0.25) is 0 Å². The van der Waals surface area contributed by atoms with Crippen molar-refractivity contribution in [1.29, 1.82) is 0 Å². The lowest BCUT2D eigenvalue weighted by Crippen LogP contribution is -2.56. The molecule has 0 saturated carbocycles. The van der Waals surface area contributed by atoms with Crippen LogP contribution in [0.4, 0.5) is 0 Å². The molecule has 7 nitrogen and oxygen atoms in total. The molecule has 1 saturated heterocycles. The third kappa shape index (κ3) is 5.40. The first-order valence-corrected chi connectivity index (χ1v) is 19.1. The Kier molecular flexibility index (Phi) is 7.81. The van der Waals surface area contributed by atoms with E-state index in [1.54, 1.807) is 0 Å². The minimum absolute atomic E-state index is 0.107. The molecule has 3 aromatic heterocycles. The van der Waals surface area contributed by atoms with Crippen LogP contribution in [0.5, 0.6) is 0 Å². The molecule has 0 aliphatic carbocycles. The number of aromatic nitrogens is 4. The van der Waals surface area contributed by atoms with E-state index in [0.29, 0.717) is 5.95 Å². The number of benzene rings is 7. The van der Waals surface area contributed by atoms with E-state index in [-0.39, 0.29) is 18.6 Å². The Morgan fingerprint density at radius 2 is 0.911 bits per heavy atom. The van der Waals surface area contributed by atoms with Gasteiger partial charge < -0.3 is 4.57 Å². The van der Waals surface area contributed by atoms with Gasteiger partial charge in [-0.05, 0) is 35.4 Å². The highest BCUT2D eigenvalue weighted by Crippen LogP contribution is 2.42. The van der Waals surface area contributed by atoms with E-state index >= 15 is 0 Å². The van der Waals surface area contributed by atoms with Crippen molar-refractivity contribution in [1.82, 2.24) is 35.1 Å². The first kappa shape index (κ1) is 32.5. The molecule has 3 N–H and O–H groups in total. The van der Waals surface area contributed by atoms with Crippen molar-refractivity contribution >= 4 is 43.6 Å². The van der Waals surface area contributed by atoms with Gasteiger partial charge in [-0.3, -0.25) is 20.5 Å². The van der Waals surface area contributed by atoms with Gasteiger partial charge in [0.1, 0.15) is 6.29 Å². The summed E-state index contributed by atoms with van der Waals surface area (Å²) in [4.78, 5) is 10.7. The van der Waals surface area contributed by atoms with Crippen molar-refractivity contribution in [2.45, 2.75) is 18.6 Å². The molecule has 7 heteroatoms. The van der Waals surface area contributed by atoms with E-state index in [2.05, 4.69) is 201 Å². The van der Waals surface area contributed by atoms with Gasteiger partial charge >= 0.3 is 0 Å². The number of hydrogen-bond donors (Lipinski definition) is 3. The van der Waals surface area contributed by atoms with Gasteiger partial charge in [-0.2, -0.15) is 0 Å². The van der Waals surface area contributed by atoms with Crippen molar-refractivity contribution in [3.63, 3.8) is 0 Å². The van der Waals surface area contributed by atoms with Gasteiger partial charge in [0.25, 0.3) is 0 Å². The fraction of sp³-hybridized carbons (Fsp3) is 0.0612. The van der Waals surface area contributed by atoms with Gasteiger partial charge in [-0.25, -0.2) is 9.97 Å². The van der Waals surface area contributed by atoms with Crippen molar-refractivity contribution in [3.8, 4) is 28.5 Å². The van der Waals surface area contributed by atoms with Crippen LogP contribution in [0.15, 0.2) is 188 Å². The van der Waals surface area contributed by atoms with Crippen LogP contribution in [0, 0.1) is 0 Å². The molecule has 1 aliphatic rings. The van der Waals surface area contributed by atoms with Crippen LogP contribution < -0.4 is 16.0 Å². The SMILES string of the molecule is c1ccc(-c2cc(-c3ccccc3)nc(-n3c4ccccc4c4ccc5c(c6ccccc6n5C5NC(c6ccccc6)NC(c6ccccc6)N5)c43)n2)cc1. The molecule has 1 aliphatic heterocycles. The lowest BCUT2D eigenvalue weighted by molar-refractivity contribution is 0.161. The number of nitrogens with one attached hydrogen (secondary N) is 3. The maximum absolute atomic E-state index is 5.35. The number of hydrogen-bond acceptors (Lipinski definition) is 5. The summed E-state index contributed by atoms with van der Waals surface area (Å²) >= 11 is 0. The van der Waals surface area contributed by atoms with Crippen LogP contribution in [-0.2, 0) is 0 Å². The third-order valence-electron chi connectivity index (χ3n) is 11.1. The lowest BCUT2D eigenvalue weighted by atomic mass is 10.1. The fourth-order valence-electron chi connectivity index (χ4n) is 8.52. The Hall–Kier alpha value is -6.90. The van der Waals surface area contributed by atoms with Crippen molar-refractivity contribution < 1.29 is 0 Å². The van der Waals surface area contributed by atoms with E-state index in [1.165, 1.54) is 11.1 Å². The summed E-state index contributed by atoms with van der Waals surface area (Å²) in [7, 11) is 0. The Morgan fingerprint density at radius 1 is 0.411 bits per heavy atom.